The number of hydrogen-bond acceptors (Lipinski definition) is 5. The van der Waals surface area contributed by atoms with Gasteiger partial charge in [0.15, 0.2) is 0 Å². The Bertz CT molecular complexity index is 952. The summed E-state index contributed by atoms with van der Waals surface area (Å²) < 4.78 is 3.38. The lowest BCUT2D eigenvalue weighted by Gasteiger charge is -2.11. The predicted molar refractivity (Wildman–Crippen MR) is 94.2 cm³/mol. The lowest BCUT2D eigenvalue weighted by molar-refractivity contribution is 0.104. The third-order valence-electron chi connectivity index (χ3n) is 3.61. The van der Waals surface area contributed by atoms with E-state index in [4.69, 9.17) is 0 Å². The molecule has 0 aromatic carbocycles. The molecule has 0 atom stereocenters. The van der Waals surface area contributed by atoms with Crippen molar-refractivity contribution in [2.24, 2.45) is 7.05 Å². The van der Waals surface area contributed by atoms with Gasteiger partial charge in [0.25, 0.3) is 5.56 Å². The lowest BCUT2D eigenvalue weighted by Crippen LogP contribution is -2.40. The Morgan fingerprint density at radius 2 is 2.09 bits per heavy atom. The number of carbonyl (C=O) groups excluding carboxylic acids is 1. The average molecular weight is 396 g/mol. The van der Waals surface area contributed by atoms with Crippen LogP contribution in [0.2, 0.25) is 0 Å². The molecule has 0 bridgehead atoms. The first-order chi connectivity index (χ1) is 10.9. The van der Waals surface area contributed by atoms with Crippen LogP contribution in [0.1, 0.15) is 29.3 Å². The summed E-state index contributed by atoms with van der Waals surface area (Å²) in [7, 11) is 1.39. The lowest BCUT2D eigenvalue weighted by atomic mass is 10.1. The highest BCUT2D eigenvalue weighted by Crippen LogP contribution is 2.28. The van der Waals surface area contributed by atoms with E-state index >= 15 is 0 Å². The number of fused-ring (bicyclic) bond motifs is 1. The Morgan fingerprint density at radius 3 is 2.70 bits per heavy atom. The van der Waals surface area contributed by atoms with Gasteiger partial charge in [-0.25, -0.2) is 4.79 Å². The van der Waals surface area contributed by atoms with E-state index < -0.39 is 11.2 Å². The number of hydrogen-bond donors (Lipinski definition) is 1. The summed E-state index contributed by atoms with van der Waals surface area (Å²) in [5.74, 6) is -0.0849. The molecule has 0 saturated carbocycles. The van der Waals surface area contributed by atoms with Crippen LogP contribution in [0, 0.1) is 0 Å². The summed E-state index contributed by atoms with van der Waals surface area (Å²) in [6.07, 6.45) is 2.40. The molecule has 2 aromatic rings. The van der Waals surface area contributed by atoms with Gasteiger partial charge < -0.3 is 5.32 Å². The van der Waals surface area contributed by atoms with E-state index in [0.717, 1.165) is 20.3 Å². The number of allylic oxidation sites excluding steroid dienone is 1. The highest BCUT2D eigenvalue weighted by molar-refractivity contribution is 9.11. The molecule has 3 rings (SSSR count). The number of rotatable bonds is 3. The molecule has 1 aliphatic rings. The van der Waals surface area contributed by atoms with E-state index in [1.165, 1.54) is 23.0 Å². The first-order valence-corrected chi connectivity index (χ1v) is 8.72. The maximum Gasteiger partial charge on any atom is 0.332 e. The molecule has 0 saturated heterocycles. The molecule has 0 spiro atoms. The van der Waals surface area contributed by atoms with Crippen LogP contribution in [0.3, 0.4) is 0 Å². The maximum atomic E-state index is 12.6. The standard InChI is InChI=1S/C15H14BrN3O3S/c1-3-4-19-13-11(14(21)18(2)15(19)22)12(20)9(17-13)5-8-6-10(16)23-7-8/h5-7,17H,3-4H2,1-2H3. The largest absolute Gasteiger partial charge is 0.338 e. The topological polar surface area (TPSA) is 73.1 Å². The van der Waals surface area contributed by atoms with E-state index in [0.29, 0.717) is 18.1 Å². The normalized spacial score (nSPS) is 15.1. The van der Waals surface area contributed by atoms with Gasteiger partial charge in [-0.15, -0.1) is 11.3 Å². The molecule has 0 radical (unpaired) electrons. The van der Waals surface area contributed by atoms with E-state index in [1.54, 1.807) is 6.08 Å². The molecule has 0 aliphatic carbocycles. The minimum absolute atomic E-state index is 0.0288. The highest BCUT2D eigenvalue weighted by atomic mass is 79.9. The van der Waals surface area contributed by atoms with Gasteiger partial charge in [-0.2, -0.15) is 0 Å². The first-order valence-electron chi connectivity index (χ1n) is 7.05. The molecule has 3 heterocycles. The zero-order valence-electron chi connectivity index (χ0n) is 12.6. The van der Waals surface area contributed by atoms with Crippen molar-refractivity contribution < 1.29 is 4.79 Å². The second-order valence-electron chi connectivity index (χ2n) is 5.22. The summed E-state index contributed by atoms with van der Waals surface area (Å²) in [4.78, 5) is 37.2. The van der Waals surface area contributed by atoms with Gasteiger partial charge in [0.2, 0.25) is 5.78 Å². The molecular formula is C15H14BrN3O3S. The van der Waals surface area contributed by atoms with Crippen molar-refractivity contribution in [3.63, 3.8) is 0 Å². The molecule has 2 aromatic heterocycles. The van der Waals surface area contributed by atoms with Crippen molar-refractivity contribution in [2.75, 3.05) is 5.32 Å². The average Bonchev–Trinajstić information content (AvgIpc) is 3.06. The number of aromatic nitrogens is 2. The molecule has 1 aliphatic heterocycles. The minimum Gasteiger partial charge on any atom is -0.338 e. The van der Waals surface area contributed by atoms with Crippen molar-refractivity contribution in [1.29, 1.82) is 0 Å². The van der Waals surface area contributed by atoms with Crippen molar-refractivity contribution in [2.45, 2.75) is 19.9 Å². The monoisotopic (exact) mass is 395 g/mol. The van der Waals surface area contributed by atoms with E-state index in [2.05, 4.69) is 21.2 Å². The molecular weight excluding hydrogens is 382 g/mol. The van der Waals surface area contributed by atoms with Crippen molar-refractivity contribution in [1.82, 2.24) is 9.13 Å². The summed E-state index contributed by atoms with van der Waals surface area (Å²) in [5, 5.41) is 4.85. The fourth-order valence-electron chi connectivity index (χ4n) is 2.52. The van der Waals surface area contributed by atoms with Crippen LogP contribution < -0.4 is 16.6 Å². The fourth-order valence-corrected chi connectivity index (χ4v) is 3.65. The van der Waals surface area contributed by atoms with Crippen LogP contribution in [-0.4, -0.2) is 14.9 Å². The van der Waals surface area contributed by atoms with Gasteiger partial charge in [0.05, 0.1) is 9.48 Å². The van der Waals surface area contributed by atoms with Crippen LogP contribution in [0.25, 0.3) is 6.08 Å². The first kappa shape index (κ1) is 15.9. The smallest absolute Gasteiger partial charge is 0.332 e. The Balaban J connectivity index is 2.17. The van der Waals surface area contributed by atoms with Crippen molar-refractivity contribution in [3.05, 3.63) is 52.9 Å². The SMILES string of the molecule is CCCn1c2c(c(=O)n(C)c1=O)C(=O)C(=Cc1csc(Br)c1)N2. The van der Waals surface area contributed by atoms with E-state index in [9.17, 15) is 14.4 Å². The number of carbonyl (C=O) groups is 1. The van der Waals surface area contributed by atoms with Gasteiger partial charge >= 0.3 is 5.69 Å². The molecule has 23 heavy (non-hydrogen) atoms. The third-order valence-corrected chi connectivity index (χ3v) is 5.14. The maximum absolute atomic E-state index is 12.6. The Hall–Kier alpha value is -1.93. The van der Waals surface area contributed by atoms with Gasteiger partial charge in [-0.1, -0.05) is 6.92 Å². The van der Waals surface area contributed by atoms with Gasteiger partial charge in [-0.05, 0) is 45.4 Å². The summed E-state index contributed by atoms with van der Waals surface area (Å²) in [6, 6.07) is 1.88. The zero-order chi connectivity index (χ0) is 16.7. The Morgan fingerprint density at radius 1 is 1.35 bits per heavy atom. The number of anilines is 1. The van der Waals surface area contributed by atoms with E-state index in [-0.39, 0.29) is 11.3 Å². The number of halogens is 1. The zero-order valence-corrected chi connectivity index (χ0v) is 15.0. The van der Waals surface area contributed by atoms with Gasteiger partial charge in [0, 0.05) is 13.6 Å². The van der Waals surface area contributed by atoms with Crippen LogP contribution in [0.4, 0.5) is 5.82 Å². The van der Waals surface area contributed by atoms with Crippen LogP contribution in [-0.2, 0) is 13.6 Å². The van der Waals surface area contributed by atoms with Crippen LogP contribution in [0.5, 0.6) is 0 Å². The number of thiophene rings is 1. The molecule has 8 heteroatoms. The number of nitrogens with one attached hydrogen (secondary N) is 1. The third kappa shape index (κ3) is 2.61. The number of ketones is 1. The summed E-state index contributed by atoms with van der Waals surface area (Å²) in [5.41, 5.74) is 0.200. The van der Waals surface area contributed by atoms with E-state index in [1.807, 2.05) is 18.4 Å². The summed E-state index contributed by atoms with van der Waals surface area (Å²) in [6.45, 7) is 2.37. The van der Waals surface area contributed by atoms with Crippen LogP contribution >= 0.6 is 27.3 Å². The van der Waals surface area contributed by atoms with Crippen molar-refractivity contribution >= 4 is 44.9 Å². The molecule has 6 nitrogen and oxygen atoms in total. The Labute approximate surface area is 144 Å². The second-order valence-corrected chi connectivity index (χ2v) is 7.51. The quantitative estimate of drug-likeness (QED) is 0.809. The highest BCUT2D eigenvalue weighted by Gasteiger charge is 2.32. The number of Topliss-reactive ketones (excluding diaryl/α,β-unsaturated/α-hetero) is 1. The second kappa shape index (κ2) is 5.93. The Kier molecular flexibility index (Phi) is 4.11. The fraction of sp³-hybridized carbons (Fsp3) is 0.267. The predicted octanol–water partition coefficient (Wildman–Crippen LogP) is 2.43. The summed E-state index contributed by atoms with van der Waals surface area (Å²) >= 11 is 4.88. The number of nitrogens with zero attached hydrogens (tertiary/aromatic N) is 2. The molecule has 0 fully saturated rings. The molecule has 1 N–H and O–H groups in total. The van der Waals surface area contributed by atoms with Gasteiger partial charge in [0.1, 0.15) is 11.4 Å². The minimum atomic E-state index is -0.565. The molecule has 120 valence electrons. The van der Waals surface area contributed by atoms with Gasteiger partial charge in [-0.3, -0.25) is 18.7 Å². The molecule has 0 amide bonds. The van der Waals surface area contributed by atoms with Crippen LogP contribution in [0.15, 0.2) is 30.5 Å². The molecule has 0 unspecified atom stereocenters. The van der Waals surface area contributed by atoms with Crippen molar-refractivity contribution in [3.8, 4) is 0 Å².